The fourth-order valence-electron chi connectivity index (χ4n) is 3.85. The zero-order valence-electron chi connectivity index (χ0n) is 17.1. The van der Waals surface area contributed by atoms with Gasteiger partial charge in [-0.3, -0.25) is 19.3 Å². The molecule has 2 aromatic carbocycles. The molecule has 2 heterocycles. The Bertz CT molecular complexity index is 1180. The van der Waals surface area contributed by atoms with Gasteiger partial charge in [0.1, 0.15) is 12.7 Å². The maximum Gasteiger partial charge on any atom is 0.260 e. The number of benzene rings is 2. The van der Waals surface area contributed by atoms with E-state index in [-0.39, 0.29) is 30.7 Å². The second-order valence-corrected chi connectivity index (χ2v) is 9.84. The number of para-hydroxylation sites is 1. The Kier molecular flexibility index (Phi) is 5.28. The number of anilines is 1. The number of fused-ring (bicyclic) bond motifs is 5. The molecule has 0 spiro atoms. The van der Waals surface area contributed by atoms with Gasteiger partial charge in [0, 0.05) is 31.8 Å². The van der Waals surface area contributed by atoms with Crippen LogP contribution in [0.4, 0.5) is 5.69 Å². The Labute approximate surface area is 180 Å². The summed E-state index contributed by atoms with van der Waals surface area (Å²) < 4.78 is 24.8. The fraction of sp³-hybridized carbons (Fsp3) is 0.286. The molecule has 4 rings (SSSR count). The number of carbonyl (C=O) groups is 3. The highest BCUT2D eigenvalue weighted by Gasteiger charge is 2.47. The second kappa shape index (κ2) is 7.78. The summed E-state index contributed by atoms with van der Waals surface area (Å²) in [6.07, 6.45) is -0.734. The van der Waals surface area contributed by atoms with Gasteiger partial charge in [0.25, 0.3) is 11.8 Å². The van der Waals surface area contributed by atoms with Crippen molar-refractivity contribution < 1.29 is 22.8 Å². The Hall–Kier alpha value is -3.24. The summed E-state index contributed by atoms with van der Waals surface area (Å²) in [5.74, 6) is -1.35. The normalized spacial score (nSPS) is 17.5. The number of nitrogens with one attached hydrogen (secondary N) is 1. The minimum atomic E-state index is -3.45. The van der Waals surface area contributed by atoms with Gasteiger partial charge in [0.15, 0.2) is 0 Å². The molecule has 1 atom stereocenters. The van der Waals surface area contributed by atoms with E-state index in [2.05, 4.69) is 5.32 Å². The molecule has 1 N–H and O–H groups in total. The first-order valence-electron chi connectivity index (χ1n) is 9.72. The van der Waals surface area contributed by atoms with Gasteiger partial charge in [-0.05, 0) is 18.2 Å². The average Bonchev–Trinajstić information content (AvgIpc) is 3.04. The quantitative estimate of drug-likeness (QED) is 0.713. The zero-order chi connectivity index (χ0) is 22.3. The number of hydrogen-bond donors (Lipinski definition) is 1. The van der Waals surface area contributed by atoms with E-state index < -0.39 is 22.1 Å². The van der Waals surface area contributed by atoms with Gasteiger partial charge in [-0.2, -0.15) is 0 Å². The number of hydrogen-bond acceptors (Lipinski definition) is 5. The highest BCUT2D eigenvalue weighted by molar-refractivity contribution is 7.89. The summed E-state index contributed by atoms with van der Waals surface area (Å²) in [6, 6.07) is 13.8. The van der Waals surface area contributed by atoms with Crippen LogP contribution in [0.1, 0.15) is 32.4 Å². The number of rotatable bonds is 6. The third-order valence-electron chi connectivity index (χ3n) is 5.44. The lowest BCUT2D eigenvalue weighted by Crippen LogP contribution is -2.51. The molecular weight excluding hydrogens is 420 g/mol. The first-order chi connectivity index (χ1) is 14.7. The monoisotopic (exact) mass is 442 g/mol. The van der Waals surface area contributed by atoms with Gasteiger partial charge in [-0.25, -0.2) is 12.7 Å². The SMILES string of the molecule is CN(C)S(=O)(=O)CCNC(=O)CN1C(=O)c2ccccc2N2C(=O)c3ccccc3[C@@H]12. The summed E-state index contributed by atoms with van der Waals surface area (Å²) in [7, 11) is -0.612. The molecule has 0 unspecified atom stereocenters. The van der Waals surface area contributed by atoms with Crippen LogP contribution in [0, 0.1) is 0 Å². The molecule has 0 bridgehead atoms. The van der Waals surface area contributed by atoms with Crippen LogP contribution in [0.3, 0.4) is 0 Å². The van der Waals surface area contributed by atoms with Crippen molar-refractivity contribution in [2.45, 2.75) is 6.17 Å². The van der Waals surface area contributed by atoms with Gasteiger partial charge in [0.2, 0.25) is 15.9 Å². The lowest BCUT2D eigenvalue weighted by molar-refractivity contribution is -0.122. The Balaban J connectivity index is 1.61. The van der Waals surface area contributed by atoms with E-state index in [1.807, 2.05) is 0 Å². The first kappa shape index (κ1) is 21.0. The van der Waals surface area contributed by atoms with Crippen molar-refractivity contribution in [3.05, 3.63) is 65.2 Å². The van der Waals surface area contributed by atoms with Crippen molar-refractivity contribution >= 4 is 33.4 Å². The number of sulfonamides is 1. The van der Waals surface area contributed by atoms with Crippen LogP contribution in [0.15, 0.2) is 48.5 Å². The molecule has 0 radical (unpaired) electrons. The van der Waals surface area contributed by atoms with E-state index in [1.54, 1.807) is 48.5 Å². The molecule has 0 aromatic heterocycles. The summed E-state index contributed by atoms with van der Waals surface area (Å²) in [4.78, 5) is 41.8. The highest BCUT2D eigenvalue weighted by atomic mass is 32.2. The van der Waals surface area contributed by atoms with Crippen LogP contribution in [0.2, 0.25) is 0 Å². The number of amides is 3. The molecule has 162 valence electrons. The van der Waals surface area contributed by atoms with Gasteiger partial charge in [-0.15, -0.1) is 0 Å². The molecule has 0 aliphatic carbocycles. The standard InChI is InChI=1S/C21H22N4O5S/c1-23(2)31(29,30)12-11-22-18(26)13-24-19-14-7-3-4-8-15(14)21(28)25(19)17-10-6-5-9-16(17)20(24)27/h3-10,19H,11-13H2,1-2H3,(H,22,26)/t19-/m0/s1. The third-order valence-corrected chi connectivity index (χ3v) is 7.27. The van der Waals surface area contributed by atoms with Gasteiger partial charge < -0.3 is 10.2 Å². The molecule has 10 heteroatoms. The molecule has 2 aliphatic rings. The van der Waals surface area contributed by atoms with Crippen LogP contribution in [0.5, 0.6) is 0 Å². The molecule has 2 aliphatic heterocycles. The van der Waals surface area contributed by atoms with E-state index in [9.17, 15) is 22.8 Å². The summed E-state index contributed by atoms with van der Waals surface area (Å²) in [5, 5.41) is 2.56. The smallest absolute Gasteiger partial charge is 0.260 e. The molecule has 3 amide bonds. The van der Waals surface area contributed by atoms with Crippen LogP contribution in [-0.4, -0.2) is 68.3 Å². The topological polar surface area (TPSA) is 107 Å². The van der Waals surface area contributed by atoms with Crippen LogP contribution >= 0.6 is 0 Å². The highest BCUT2D eigenvalue weighted by Crippen LogP contribution is 2.44. The van der Waals surface area contributed by atoms with E-state index in [4.69, 9.17) is 0 Å². The van der Waals surface area contributed by atoms with Crippen molar-refractivity contribution in [2.24, 2.45) is 0 Å². The maximum atomic E-state index is 13.2. The van der Waals surface area contributed by atoms with Crippen molar-refractivity contribution in [1.29, 1.82) is 0 Å². The molecule has 9 nitrogen and oxygen atoms in total. The summed E-state index contributed by atoms with van der Waals surface area (Å²) >= 11 is 0. The molecule has 31 heavy (non-hydrogen) atoms. The van der Waals surface area contributed by atoms with E-state index in [1.165, 1.54) is 23.9 Å². The Morgan fingerprint density at radius 1 is 1.00 bits per heavy atom. The number of carbonyl (C=O) groups excluding carboxylic acids is 3. The molecule has 0 fully saturated rings. The van der Waals surface area contributed by atoms with Gasteiger partial charge >= 0.3 is 0 Å². The second-order valence-electron chi connectivity index (χ2n) is 7.53. The van der Waals surface area contributed by atoms with Gasteiger partial charge in [-0.1, -0.05) is 30.3 Å². The largest absolute Gasteiger partial charge is 0.353 e. The lowest BCUT2D eigenvalue weighted by Gasteiger charge is -2.40. The predicted molar refractivity (Wildman–Crippen MR) is 114 cm³/mol. The lowest BCUT2D eigenvalue weighted by atomic mass is 10.0. The van der Waals surface area contributed by atoms with E-state index >= 15 is 0 Å². The molecule has 0 saturated heterocycles. The van der Waals surface area contributed by atoms with Crippen LogP contribution < -0.4 is 10.2 Å². The molecule has 2 aromatic rings. The molecule has 0 saturated carbocycles. The fourth-order valence-corrected chi connectivity index (χ4v) is 4.57. The Morgan fingerprint density at radius 3 is 2.35 bits per heavy atom. The summed E-state index contributed by atoms with van der Waals surface area (Å²) in [5.41, 5.74) is 1.98. The Morgan fingerprint density at radius 2 is 1.65 bits per heavy atom. The van der Waals surface area contributed by atoms with E-state index in [0.717, 1.165) is 4.31 Å². The van der Waals surface area contributed by atoms with Crippen LogP contribution in [0.25, 0.3) is 0 Å². The van der Waals surface area contributed by atoms with Crippen LogP contribution in [-0.2, 0) is 14.8 Å². The van der Waals surface area contributed by atoms with E-state index in [0.29, 0.717) is 22.4 Å². The summed E-state index contributed by atoms with van der Waals surface area (Å²) in [6.45, 7) is -0.389. The predicted octanol–water partition coefficient (Wildman–Crippen LogP) is 0.809. The zero-order valence-corrected chi connectivity index (χ0v) is 17.9. The third kappa shape index (κ3) is 3.57. The van der Waals surface area contributed by atoms with Gasteiger partial charge in [0.05, 0.1) is 17.0 Å². The van der Waals surface area contributed by atoms with Crippen molar-refractivity contribution in [3.8, 4) is 0 Å². The first-order valence-corrected chi connectivity index (χ1v) is 11.3. The minimum absolute atomic E-state index is 0.0815. The molecular formula is C21H22N4O5S. The van der Waals surface area contributed by atoms with Crippen molar-refractivity contribution in [1.82, 2.24) is 14.5 Å². The minimum Gasteiger partial charge on any atom is -0.353 e. The van der Waals surface area contributed by atoms with Crippen molar-refractivity contribution in [2.75, 3.05) is 37.8 Å². The van der Waals surface area contributed by atoms with Crippen molar-refractivity contribution in [3.63, 3.8) is 0 Å². The number of nitrogens with zero attached hydrogens (tertiary/aromatic N) is 3. The average molecular weight is 442 g/mol. The maximum absolute atomic E-state index is 13.2.